The first-order valence-electron chi connectivity index (χ1n) is 12.0. The normalized spacial score (nSPS) is 16.4. The lowest BCUT2D eigenvalue weighted by molar-refractivity contribution is -0.137. The Hall–Kier alpha value is -4.01. The van der Waals surface area contributed by atoms with Crippen molar-refractivity contribution in [1.29, 1.82) is 0 Å². The highest BCUT2D eigenvalue weighted by atomic mass is 19.4. The number of carbonyl (C=O) groups excluding carboxylic acids is 2. The van der Waals surface area contributed by atoms with Crippen LogP contribution in [0.5, 0.6) is 0 Å². The Morgan fingerprint density at radius 2 is 1.68 bits per heavy atom. The molecule has 1 fully saturated rings. The maximum atomic E-state index is 13.6. The zero-order valence-corrected chi connectivity index (χ0v) is 20.5. The lowest BCUT2D eigenvalue weighted by atomic mass is 10.1. The van der Waals surface area contributed by atoms with Gasteiger partial charge >= 0.3 is 6.18 Å². The Balaban J connectivity index is 1.32. The van der Waals surface area contributed by atoms with Crippen molar-refractivity contribution in [1.82, 2.24) is 14.4 Å². The summed E-state index contributed by atoms with van der Waals surface area (Å²) in [5.41, 5.74) is 2.69. The van der Waals surface area contributed by atoms with Crippen LogP contribution >= 0.6 is 0 Å². The molecule has 37 heavy (non-hydrogen) atoms. The lowest BCUT2D eigenvalue weighted by Crippen LogP contribution is -2.55. The van der Waals surface area contributed by atoms with Gasteiger partial charge in [-0.05, 0) is 55.8 Å². The summed E-state index contributed by atoms with van der Waals surface area (Å²) in [4.78, 5) is 29.9. The van der Waals surface area contributed by atoms with Crippen molar-refractivity contribution in [3.05, 3.63) is 94.9 Å². The van der Waals surface area contributed by atoms with E-state index in [1.165, 1.54) is 12.1 Å². The molecule has 6 nitrogen and oxygen atoms in total. The van der Waals surface area contributed by atoms with E-state index in [1.54, 1.807) is 16.1 Å². The van der Waals surface area contributed by atoms with Gasteiger partial charge in [0, 0.05) is 36.6 Å². The number of alkyl halides is 3. The number of halogens is 3. The van der Waals surface area contributed by atoms with E-state index in [-0.39, 0.29) is 30.0 Å². The molecule has 0 spiro atoms. The van der Waals surface area contributed by atoms with Crippen molar-refractivity contribution in [3.63, 3.8) is 0 Å². The van der Waals surface area contributed by atoms with E-state index in [1.807, 2.05) is 54.8 Å². The summed E-state index contributed by atoms with van der Waals surface area (Å²) in [5, 5.41) is 0.833. The van der Waals surface area contributed by atoms with Gasteiger partial charge in [-0.1, -0.05) is 29.8 Å². The first kappa shape index (κ1) is 24.7. The molecule has 1 saturated heterocycles. The van der Waals surface area contributed by atoms with Gasteiger partial charge in [-0.25, -0.2) is 0 Å². The summed E-state index contributed by atoms with van der Waals surface area (Å²) in [7, 11) is 0. The Kier molecular flexibility index (Phi) is 6.31. The highest BCUT2D eigenvalue weighted by molar-refractivity contribution is 5.98. The number of furan rings is 1. The minimum atomic E-state index is -4.46. The van der Waals surface area contributed by atoms with Crippen LogP contribution in [0.25, 0.3) is 11.1 Å². The molecule has 4 aromatic rings. The molecule has 5 rings (SSSR count). The number of benzene rings is 2. The number of piperazine rings is 1. The number of rotatable bonds is 4. The van der Waals surface area contributed by atoms with Crippen LogP contribution in [0.1, 0.15) is 44.5 Å². The van der Waals surface area contributed by atoms with Crippen LogP contribution in [0.2, 0.25) is 0 Å². The van der Waals surface area contributed by atoms with Crippen molar-refractivity contribution in [2.75, 3.05) is 19.6 Å². The average Bonchev–Trinajstić information content (AvgIpc) is 3.46. The largest absolute Gasteiger partial charge is 0.448 e. The van der Waals surface area contributed by atoms with Gasteiger partial charge < -0.3 is 18.8 Å². The molecule has 0 saturated carbocycles. The molecule has 1 aliphatic heterocycles. The third kappa shape index (κ3) is 4.85. The molecular weight excluding hydrogens is 483 g/mol. The first-order chi connectivity index (χ1) is 17.6. The van der Waals surface area contributed by atoms with E-state index < -0.39 is 11.7 Å². The Labute approximate surface area is 211 Å². The quantitative estimate of drug-likeness (QED) is 0.360. The third-order valence-corrected chi connectivity index (χ3v) is 6.82. The van der Waals surface area contributed by atoms with Crippen molar-refractivity contribution in [3.8, 4) is 0 Å². The third-order valence-electron chi connectivity index (χ3n) is 6.82. The number of fused-ring (bicyclic) bond motifs is 1. The SMILES string of the molecule is Cc1ccc(Cn2c(C(=O)N3CCN(C(=O)c4ccc(C(F)(F)F)cc4)[C@H](C)C3)cc3ccoc32)cc1. The lowest BCUT2D eigenvalue weighted by Gasteiger charge is -2.40. The molecule has 2 aromatic heterocycles. The molecule has 1 aliphatic rings. The monoisotopic (exact) mass is 509 g/mol. The number of hydrogen-bond acceptors (Lipinski definition) is 3. The Bertz CT molecular complexity index is 1440. The van der Waals surface area contributed by atoms with Gasteiger partial charge in [0.2, 0.25) is 5.71 Å². The molecule has 0 unspecified atom stereocenters. The van der Waals surface area contributed by atoms with Crippen LogP contribution in [0.3, 0.4) is 0 Å². The van der Waals surface area contributed by atoms with Gasteiger partial charge in [0.15, 0.2) is 0 Å². The van der Waals surface area contributed by atoms with E-state index in [4.69, 9.17) is 4.42 Å². The maximum Gasteiger partial charge on any atom is 0.416 e. The van der Waals surface area contributed by atoms with E-state index in [2.05, 4.69) is 0 Å². The summed E-state index contributed by atoms with van der Waals surface area (Å²) >= 11 is 0. The number of amides is 2. The fraction of sp³-hybridized carbons (Fsp3) is 0.286. The van der Waals surface area contributed by atoms with Crippen molar-refractivity contribution < 1.29 is 27.2 Å². The van der Waals surface area contributed by atoms with Crippen LogP contribution in [0.4, 0.5) is 13.2 Å². The molecule has 1 atom stereocenters. The Morgan fingerprint density at radius 1 is 0.973 bits per heavy atom. The first-order valence-corrected chi connectivity index (χ1v) is 12.0. The van der Waals surface area contributed by atoms with Crippen LogP contribution in [0.15, 0.2) is 71.3 Å². The van der Waals surface area contributed by atoms with E-state index in [0.717, 1.165) is 28.6 Å². The molecule has 0 aliphatic carbocycles. The van der Waals surface area contributed by atoms with Crippen molar-refractivity contribution in [2.45, 2.75) is 32.6 Å². The van der Waals surface area contributed by atoms with Gasteiger partial charge in [0.25, 0.3) is 11.8 Å². The van der Waals surface area contributed by atoms with E-state index >= 15 is 0 Å². The Morgan fingerprint density at radius 3 is 2.32 bits per heavy atom. The highest BCUT2D eigenvalue weighted by Gasteiger charge is 2.34. The topological polar surface area (TPSA) is 58.7 Å². The second-order valence-electron chi connectivity index (χ2n) is 9.46. The van der Waals surface area contributed by atoms with E-state index in [0.29, 0.717) is 31.0 Å². The number of aromatic nitrogens is 1. The number of aryl methyl sites for hydroxylation is 1. The van der Waals surface area contributed by atoms with Gasteiger partial charge in [-0.15, -0.1) is 0 Å². The smallest absolute Gasteiger partial charge is 0.416 e. The van der Waals surface area contributed by atoms with Gasteiger partial charge in [0.05, 0.1) is 18.4 Å². The number of hydrogen-bond donors (Lipinski definition) is 0. The molecule has 0 bridgehead atoms. The molecule has 3 heterocycles. The molecule has 192 valence electrons. The van der Waals surface area contributed by atoms with Gasteiger partial charge in [0.1, 0.15) is 5.69 Å². The van der Waals surface area contributed by atoms with Gasteiger partial charge in [-0.3, -0.25) is 9.59 Å². The fourth-order valence-electron chi connectivity index (χ4n) is 4.76. The molecule has 9 heteroatoms. The van der Waals surface area contributed by atoms with Gasteiger partial charge in [-0.2, -0.15) is 13.2 Å². The van der Waals surface area contributed by atoms with Crippen LogP contribution in [-0.4, -0.2) is 51.9 Å². The zero-order chi connectivity index (χ0) is 26.3. The minimum Gasteiger partial charge on any atom is -0.448 e. The molecular formula is C28H26F3N3O3. The standard InChI is InChI=1S/C28H26F3N3O3/c1-18-3-5-20(6-4-18)17-34-24(15-22-11-14-37-27(22)34)26(36)32-12-13-33(19(2)16-32)25(35)21-7-9-23(10-8-21)28(29,30)31/h3-11,14-15,19H,12-13,16-17H2,1-2H3/t19-/m1/s1. The summed E-state index contributed by atoms with van der Waals surface area (Å²) in [6, 6.07) is 15.6. The predicted molar refractivity (Wildman–Crippen MR) is 132 cm³/mol. The number of nitrogens with zero attached hydrogens (tertiary/aromatic N) is 3. The molecule has 0 radical (unpaired) electrons. The second-order valence-corrected chi connectivity index (χ2v) is 9.46. The maximum absolute atomic E-state index is 13.6. The van der Waals surface area contributed by atoms with Crippen LogP contribution < -0.4 is 0 Å². The zero-order valence-electron chi connectivity index (χ0n) is 20.5. The average molecular weight is 510 g/mol. The minimum absolute atomic E-state index is 0.160. The molecule has 0 N–H and O–H groups in total. The fourth-order valence-corrected chi connectivity index (χ4v) is 4.76. The molecule has 2 amide bonds. The second kappa shape index (κ2) is 9.46. The summed E-state index contributed by atoms with van der Waals surface area (Å²) in [6.07, 6.45) is -2.86. The summed E-state index contributed by atoms with van der Waals surface area (Å²) < 4.78 is 46.2. The molecule has 2 aromatic carbocycles. The highest BCUT2D eigenvalue weighted by Crippen LogP contribution is 2.30. The summed E-state index contributed by atoms with van der Waals surface area (Å²) in [5.74, 6) is -0.513. The van der Waals surface area contributed by atoms with Crippen LogP contribution in [0, 0.1) is 6.92 Å². The van der Waals surface area contributed by atoms with Crippen LogP contribution in [-0.2, 0) is 12.7 Å². The number of carbonyl (C=O) groups is 2. The summed E-state index contributed by atoms with van der Waals surface area (Å²) in [6.45, 7) is 5.22. The van der Waals surface area contributed by atoms with Crippen molar-refractivity contribution >= 4 is 22.9 Å². The van der Waals surface area contributed by atoms with Crippen molar-refractivity contribution in [2.24, 2.45) is 0 Å². The predicted octanol–water partition coefficient (Wildman–Crippen LogP) is 5.60. The van der Waals surface area contributed by atoms with E-state index in [9.17, 15) is 22.8 Å².